The third-order valence-corrected chi connectivity index (χ3v) is 6.21. The number of carbonyl (C=O) groups is 3. The third kappa shape index (κ3) is 5.00. The number of hydrogen-bond donors (Lipinski definition) is 1. The molecule has 0 radical (unpaired) electrons. The summed E-state index contributed by atoms with van der Waals surface area (Å²) in [4.78, 5) is 51.4. The Hall–Kier alpha value is -3.56. The van der Waals surface area contributed by atoms with Crippen molar-refractivity contribution >= 4 is 23.8 Å². The predicted molar refractivity (Wildman–Crippen MR) is 124 cm³/mol. The number of benzene rings is 1. The van der Waals surface area contributed by atoms with Crippen LogP contribution in [0.2, 0.25) is 0 Å². The van der Waals surface area contributed by atoms with Gasteiger partial charge in [0.25, 0.3) is 0 Å². The van der Waals surface area contributed by atoms with E-state index in [2.05, 4.69) is 10.3 Å². The topological polar surface area (TPSA) is 98.7 Å². The first-order valence-corrected chi connectivity index (χ1v) is 11.5. The molecule has 1 aromatic heterocycles. The maximum absolute atomic E-state index is 13.5. The Morgan fingerprint density at radius 1 is 1.21 bits per heavy atom. The van der Waals surface area contributed by atoms with Gasteiger partial charge in [-0.05, 0) is 37.0 Å². The number of urea groups is 1. The number of anilines is 1. The quantitative estimate of drug-likeness (QED) is 0.700. The summed E-state index contributed by atoms with van der Waals surface area (Å²) in [5.41, 5.74) is 2.24. The van der Waals surface area contributed by atoms with Gasteiger partial charge in [0.15, 0.2) is 0 Å². The Balaban J connectivity index is 1.62. The van der Waals surface area contributed by atoms with E-state index in [0.717, 1.165) is 35.3 Å². The normalized spacial score (nSPS) is 18.6. The summed E-state index contributed by atoms with van der Waals surface area (Å²) in [7, 11) is 3.70. The van der Waals surface area contributed by atoms with Gasteiger partial charge in [0, 0.05) is 58.3 Å². The first-order valence-electron chi connectivity index (χ1n) is 11.5. The summed E-state index contributed by atoms with van der Waals surface area (Å²) in [6.45, 7) is 0.933. The number of likely N-dealkylation sites (tertiary alicyclic amines) is 1. The molecule has 2 aromatic rings. The molecule has 0 aliphatic carbocycles. The van der Waals surface area contributed by atoms with Gasteiger partial charge in [0.1, 0.15) is 5.82 Å². The predicted octanol–water partition coefficient (Wildman–Crippen LogP) is 2.73. The number of hydrogen-bond acceptors (Lipinski definition) is 6. The second kappa shape index (κ2) is 10.1. The number of imide groups is 1. The maximum atomic E-state index is 13.5. The van der Waals surface area contributed by atoms with Gasteiger partial charge in [-0.2, -0.15) is 0 Å². The van der Waals surface area contributed by atoms with Gasteiger partial charge in [0.2, 0.25) is 17.8 Å². The van der Waals surface area contributed by atoms with Crippen LogP contribution in [-0.4, -0.2) is 71.3 Å². The Kier molecular flexibility index (Phi) is 7.04. The van der Waals surface area contributed by atoms with Crippen LogP contribution in [0.4, 0.5) is 15.1 Å². The highest BCUT2D eigenvalue weighted by atomic mass is 19.1. The first-order chi connectivity index (χ1) is 16.3. The molecule has 34 heavy (non-hydrogen) atoms. The van der Waals surface area contributed by atoms with Crippen molar-refractivity contribution in [2.75, 3.05) is 38.6 Å². The van der Waals surface area contributed by atoms with Crippen LogP contribution < -0.4 is 10.2 Å². The van der Waals surface area contributed by atoms with Crippen LogP contribution in [0.3, 0.4) is 0 Å². The molecular formula is C24H29FN6O3. The Labute approximate surface area is 198 Å². The lowest BCUT2D eigenvalue weighted by Gasteiger charge is -2.37. The minimum atomic E-state index is -0.454. The lowest BCUT2D eigenvalue weighted by Crippen LogP contribution is -2.51. The van der Waals surface area contributed by atoms with Crippen molar-refractivity contribution in [3.63, 3.8) is 0 Å². The molecule has 2 aliphatic rings. The highest BCUT2D eigenvalue weighted by Gasteiger charge is 2.33. The van der Waals surface area contributed by atoms with Crippen molar-refractivity contribution in [2.45, 2.75) is 38.1 Å². The highest BCUT2D eigenvalue weighted by Crippen LogP contribution is 2.36. The largest absolute Gasteiger partial charge is 0.347 e. The molecule has 1 N–H and O–H groups in total. The smallest absolute Gasteiger partial charge is 0.324 e. The van der Waals surface area contributed by atoms with Gasteiger partial charge in [-0.15, -0.1) is 0 Å². The Morgan fingerprint density at radius 2 is 1.97 bits per heavy atom. The zero-order valence-corrected chi connectivity index (χ0v) is 19.5. The van der Waals surface area contributed by atoms with Crippen molar-refractivity contribution in [3.05, 3.63) is 42.0 Å². The zero-order chi connectivity index (χ0) is 24.2. The monoisotopic (exact) mass is 468 g/mol. The molecule has 0 saturated carbocycles. The molecule has 4 rings (SSSR count). The van der Waals surface area contributed by atoms with E-state index < -0.39 is 6.03 Å². The molecule has 2 fully saturated rings. The molecule has 9 nitrogen and oxygen atoms in total. The van der Waals surface area contributed by atoms with E-state index in [1.54, 1.807) is 28.1 Å². The summed E-state index contributed by atoms with van der Waals surface area (Å²) in [6.07, 6.45) is 4.54. The van der Waals surface area contributed by atoms with Crippen LogP contribution in [0, 0.1) is 5.82 Å². The fraction of sp³-hybridized carbons (Fsp3) is 0.458. The highest BCUT2D eigenvalue weighted by molar-refractivity contribution is 5.97. The van der Waals surface area contributed by atoms with Crippen LogP contribution in [0.25, 0.3) is 11.1 Å². The van der Waals surface area contributed by atoms with Gasteiger partial charge >= 0.3 is 6.03 Å². The van der Waals surface area contributed by atoms with Gasteiger partial charge in [-0.25, -0.2) is 19.2 Å². The van der Waals surface area contributed by atoms with Gasteiger partial charge in [-0.1, -0.05) is 12.1 Å². The average molecular weight is 469 g/mol. The summed E-state index contributed by atoms with van der Waals surface area (Å²) in [5.74, 6) is -0.209. The van der Waals surface area contributed by atoms with Crippen LogP contribution >= 0.6 is 0 Å². The van der Waals surface area contributed by atoms with Crippen LogP contribution in [0.1, 0.15) is 43.8 Å². The van der Waals surface area contributed by atoms with E-state index in [1.165, 1.54) is 12.1 Å². The molecule has 1 atom stereocenters. The number of carbonyl (C=O) groups excluding carboxylic acids is 3. The second-order valence-corrected chi connectivity index (χ2v) is 8.75. The minimum Gasteiger partial charge on any atom is -0.347 e. The molecule has 2 aliphatic heterocycles. The van der Waals surface area contributed by atoms with E-state index in [-0.39, 0.29) is 43.1 Å². The maximum Gasteiger partial charge on any atom is 0.324 e. The SMILES string of the molecule is CN(C)c1ncc(-c2ccc(F)cc2)c([C@H]2CCCCN2C(=O)CCN2C(=O)CCNC2=O)n1. The van der Waals surface area contributed by atoms with Crippen LogP contribution in [0.15, 0.2) is 30.5 Å². The van der Waals surface area contributed by atoms with Crippen LogP contribution in [0.5, 0.6) is 0 Å². The van der Waals surface area contributed by atoms with Crippen LogP contribution in [-0.2, 0) is 9.59 Å². The number of nitrogens with zero attached hydrogens (tertiary/aromatic N) is 5. The summed E-state index contributed by atoms with van der Waals surface area (Å²) < 4.78 is 13.5. The Bertz CT molecular complexity index is 1060. The number of halogens is 1. The number of rotatable bonds is 6. The third-order valence-electron chi connectivity index (χ3n) is 6.21. The van der Waals surface area contributed by atoms with Gasteiger partial charge < -0.3 is 15.1 Å². The van der Waals surface area contributed by atoms with Crippen molar-refractivity contribution < 1.29 is 18.8 Å². The molecule has 4 amide bonds. The van der Waals surface area contributed by atoms with E-state index >= 15 is 0 Å². The molecular weight excluding hydrogens is 439 g/mol. The fourth-order valence-electron chi connectivity index (χ4n) is 4.42. The fourth-order valence-corrected chi connectivity index (χ4v) is 4.42. The van der Waals surface area contributed by atoms with E-state index in [1.807, 2.05) is 14.1 Å². The number of amides is 4. The van der Waals surface area contributed by atoms with Crippen molar-refractivity contribution in [2.24, 2.45) is 0 Å². The number of nitrogens with one attached hydrogen (secondary N) is 1. The molecule has 0 bridgehead atoms. The standard InChI is InChI=1S/C24H29FN6O3/c1-29(2)23-27-15-18(16-6-8-17(25)9-7-16)22(28-23)19-5-3-4-13-30(19)21(33)11-14-31-20(32)10-12-26-24(31)34/h6-9,15,19H,3-5,10-14H2,1-2H3,(H,26,34)/t19-/m1/s1. The molecule has 2 saturated heterocycles. The number of aromatic nitrogens is 2. The van der Waals surface area contributed by atoms with E-state index in [4.69, 9.17) is 4.98 Å². The lowest BCUT2D eigenvalue weighted by molar-refractivity contribution is -0.136. The molecule has 3 heterocycles. The van der Waals surface area contributed by atoms with E-state index in [0.29, 0.717) is 24.7 Å². The summed E-state index contributed by atoms with van der Waals surface area (Å²) in [6, 6.07) is 5.41. The summed E-state index contributed by atoms with van der Waals surface area (Å²) >= 11 is 0. The van der Waals surface area contributed by atoms with Crippen molar-refractivity contribution in [3.8, 4) is 11.1 Å². The van der Waals surface area contributed by atoms with Crippen molar-refractivity contribution in [1.29, 1.82) is 0 Å². The molecule has 0 spiro atoms. The lowest BCUT2D eigenvalue weighted by atomic mass is 9.93. The zero-order valence-electron chi connectivity index (χ0n) is 19.5. The van der Waals surface area contributed by atoms with Crippen molar-refractivity contribution in [1.82, 2.24) is 25.1 Å². The second-order valence-electron chi connectivity index (χ2n) is 8.75. The molecule has 1 aromatic carbocycles. The Morgan fingerprint density at radius 3 is 2.68 bits per heavy atom. The van der Waals surface area contributed by atoms with Gasteiger partial charge in [0.05, 0.1) is 11.7 Å². The number of piperidine rings is 1. The first kappa shape index (κ1) is 23.6. The summed E-state index contributed by atoms with van der Waals surface area (Å²) in [5, 5.41) is 2.64. The van der Waals surface area contributed by atoms with Gasteiger partial charge in [-0.3, -0.25) is 14.5 Å². The van der Waals surface area contributed by atoms with E-state index in [9.17, 15) is 18.8 Å². The molecule has 180 valence electrons. The molecule has 10 heteroatoms. The molecule has 0 unspecified atom stereocenters. The minimum absolute atomic E-state index is 0.0459. The average Bonchev–Trinajstić information content (AvgIpc) is 2.84.